The number of sulfone groups is 3. The van der Waals surface area contributed by atoms with Crippen molar-refractivity contribution in [2.24, 2.45) is 0 Å². The highest BCUT2D eigenvalue weighted by atomic mass is 32.2. The Kier molecular flexibility index (Phi) is 4.20. The van der Waals surface area contributed by atoms with Crippen molar-refractivity contribution >= 4 is 29.5 Å². The van der Waals surface area contributed by atoms with Gasteiger partial charge in [0, 0.05) is 18.8 Å². The molecule has 1 aliphatic carbocycles. The van der Waals surface area contributed by atoms with E-state index in [1.54, 1.807) is 0 Å². The fourth-order valence-corrected chi connectivity index (χ4v) is 7.34. The van der Waals surface area contributed by atoms with Crippen molar-refractivity contribution in [3.05, 3.63) is 0 Å². The molecule has 108 valence electrons. The summed E-state index contributed by atoms with van der Waals surface area (Å²) < 4.78 is 69.4. The summed E-state index contributed by atoms with van der Waals surface area (Å²) in [7, 11) is -10.4. The van der Waals surface area contributed by atoms with Gasteiger partial charge in [-0.1, -0.05) is 0 Å². The molecule has 1 aliphatic rings. The van der Waals surface area contributed by atoms with Crippen LogP contribution in [0.15, 0.2) is 0 Å². The molecule has 0 radical (unpaired) electrons. The Bertz CT molecular complexity index is 613. The second kappa shape index (κ2) is 4.75. The first kappa shape index (κ1) is 15.9. The molecule has 0 aromatic heterocycles. The minimum absolute atomic E-state index is 0.0777. The average molecular weight is 318 g/mol. The molecule has 0 aromatic rings. The summed E-state index contributed by atoms with van der Waals surface area (Å²) >= 11 is 0. The van der Waals surface area contributed by atoms with Gasteiger partial charge in [-0.15, -0.1) is 0 Å². The van der Waals surface area contributed by atoms with Crippen LogP contribution in [0.3, 0.4) is 0 Å². The van der Waals surface area contributed by atoms with E-state index < -0.39 is 45.3 Å². The van der Waals surface area contributed by atoms with Crippen LogP contribution in [0.1, 0.15) is 19.3 Å². The Hall–Kier alpha value is -0.150. The van der Waals surface area contributed by atoms with Crippen molar-refractivity contribution in [3.63, 3.8) is 0 Å². The molecule has 0 spiro atoms. The van der Waals surface area contributed by atoms with Gasteiger partial charge >= 0.3 is 0 Å². The van der Waals surface area contributed by atoms with Crippen molar-refractivity contribution in [1.29, 1.82) is 0 Å². The number of rotatable bonds is 3. The van der Waals surface area contributed by atoms with E-state index >= 15 is 0 Å². The van der Waals surface area contributed by atoms with Gasteiger partial charge < -0.3 is 0 Å². The molecule has 1 saturated carbocycles. The molecule has 3 atom stereocenters. The number of hydrogen-bond acceptors (Lipinski definition) is 6. The van der Waals surface area contributed by atoms with Gasteiger partial charge in [0.15, 0.2) is 19.7 Å². The molecule has 0 saturated heterocycles. The minimum Gasteiger partial charge on any atom is -0.229 e. The largest absolute Gasteiger partial charge is 0.229 e. The zero-order valence-electron chi connectivity index (χ0n) is 10.5. The molecule has 18 heavy (non-hydrogen) atoms. The standard InChI is InChI=1S/C9H18O6S3/c1-16(10,11)7-4-5-8(17(2,12)13)9(6-7)18(3,14)15/h7-9H,4-6H2,1-3H3. The number of hydrogen-bond donors (Lipinski definition) is 0. The van der Waals surface area contributed by atoms with E-state index in [1.807, 2.05) is 0 Å². The van der Waals surface area contributed by atoms with Crippen molar-refractivity contribution in [2.75, 3.05) is 18.8 Å². The van der Waals surface area contributed by atoms with Gasteiger partial charge in [-0.25, -0.2) is 25.3 Å². The third kappa shape index (κ3) is 3.67. The summed E-state index contributed by atoms with van der Waals surface area (Å²) in [4.78, 5) is 0. The van der Waals surface area contributed by atoms with Crippen molar-refractivity contribution < 1.29 is 25.3 Å². The van der Waals surface area contributed by atoms with Crippen LogP contribution in [0.2, 0.25) is 0 Å². The van der Waals surface area contributed by atoms with Crippen LogP contribution in [-0.4, -0.2) is 59.8 Å². The summed E-state index contributed by atoms with van der Waals surface area (Å²) in [6.07, 6.45) is 3.15. The lowest BCUT2D eigenvalue weighted by Crippen LogP contribution is -2.46. The fraction of sp³-hybridized carbons (Fsp3) is 1.00. The molecule has 3 unspecified atom stereocenters. The molecular weight excluding hydrogens is 300 g/mol. The van der Waals surface area contributed by atoms with Gasteiger partial charge in [-0.2, -0.15) is 0 Å². The van der Waals surface area contributed by atoms with Gasteiger partial charge in [-0.3, -0.25) is 0 Å². The molecule has 0 bridgehead atoms. The van der Waals surface area contributed by atoms with E-state index in [0.29, 0.717) is 0 Å². The fourth-order valence-electron chi connectivity index (χ4n) is 2.39. The van der Waals surface area contributed by atoms with Crippen LogP contribution >= 0.6 is 0 Å². The van der Waals surface area contributed by atoms with E-state index in [2.05, 4.69) is 0 Å². The third-order valence-electron chi connectivity index (χ3n) is 3.39. The van der Waals surface area contributed by atoms with Crippen LogP contribution in [0, 0.1) is 0 Å². The molecular formula is C9H18O6S3. The highest BCUT2D eigenvalue weighted by Crippen LogP contribution is 2.32. The Morgan fingerprint density at radius 2 is 1.11 bits per heavy atom. The smallest absolute Gasteiger partial charge is 0.151 e. The molecule has 6 nitrogen and oxygen atoms in total. The molecule has 1 rings (SSSR count). The Balaban J connectivity index is 3.18. The maximum Gasteiger partial charge on any atom is 0.151 e. The van der Waals surface area contributed by atoms with E-state index in [-0.39, 0.29) is 19.3 Å². The summed E-state index contributed by atoms with van der Waals surface area (Å²) in [5.74, 6) is 0. The van der Waals surface area contributed by atoms with Gasteiger partial charge in [0.1, 0.15) is 9.84 Å². The van der Waals surface area contributed by atoms with Gasteiger partial charge in [0.2, 0.25) is 0 Å². The summed E-state index contributed by atoms with van der Waals surface area (Å²) in [5, 5.41) is -2.89. The molecule has 0 N–H and O–H groups in total. The van der Waals surface area contributed by atoms with Crippen LogP contribution in [0.4, 0.5) is 0 Å². The predicted molar refractivity (Wildman–Crippen MR) is 69.7 cm³/mol. The Morgan fingerprint density at radius 1 is 0.667 bits per heavy atom. The quantitative estimate of drug-likeness (QED) is 0.689. The van der Waals surface area contributed by atoms with Crippen LogP contribution in [0.25, 0.3) is 0 Å². The summed E-state index contributed by atoms with van der Waals surface area (Å²) in [5.41, 5.74) is 0. The van der Waals surface area contributed by atoms with E-state index in [9.17, 15) is 25.3 Å². The lowest BCUT2D eigenvalue weighted by Gasteiger charge is -2.33. The van der Waals surface area contributed by atoms with Crippen molar-refractivity contribution in [1.82, 2.24) is 0 Å². The second-order valence-electron chi connectivity index (χ2n) is 5.00. The first-order valence-corrected chi connectivity index (χ1v) is 11.3. The SMILES string of the molecule is CS(=O)(=O)C1CCC(S(C)(=O)=O)C(S(C)(=O)=O)C1. The van der Waals surface area contributed by atoms with E-state index in [4.69, 9.17) is 0 Å². The predicted octanol–water partition coefficient (Wildman–Crippen LogP) is -0.590. The van der Waals surface area contributed by atoms with Gasteiger partial charge in [-0.05, 0) is 19.3 Å². The van der Waals surface area contributed by atoms with Crippen LogP contribution in [-0.2, 0) is 29.5 Å². The summed E-state index contributed by atoms with van der Waals surface area (Å²) in [6.45, 7) is 0. The maximum absolute atomic E-state index is 11.7. The van der Waals surface area contributed by atoms with Crippen LogP contribution in [0.5, 0.6) is 0 Å². The topological polar surface area (TPSA) is 102 Å². The zero-order valence-corrected chi connectivity index (χ0v) is 13.0. The Morgan fingerprint density at radius 3 is 1.44 bits per heavy atom. The van der Waals surface area contributed by atoms with Crippen molar-refractivity contribution in [2.45, 2.75) is 35.0 Å². The zero-order chi connectivity index (χ0) is 14.4. The molecule has 0 aliphatic heterocycles. The molecule has 9 heteroatoms. The molecule has 0 heterocycles. The van der Waals surface area contributed by atoms with Gasteiger partial charge in [0.05, 0.1) is 15.7 Å². The average Bonchev–Trinajstić information content (AvgIpc) is 2.12. The molecule has 0 amide bonds. The molecule has 0 aromatic carbocycles. The normalized spacial score (nSPS) is 31.2. The first-order valence-electron chi connectivity index (χ1n) is 5.40. The van der Waals surface area contributed by atoms with E-state index in [0.717, 1.165) is 18.8 Å². The van der Waals surface area contributed by atoms with Crippen LogP contribution < -0.4 is 0 Å². The van der Waals surface area contributed by atoms with E-state index in [1.165, 1.54) is 0 Å². The highest BCUT2D eigenvalue weighted by molar-refractivity contribution is 7.95. The lowest BCUT2D eigenvalue weighted by atomic mass is 9.99. The van der Waals surface area contributed by atoms with Crippen molar-refractivity contribution in [3.8, 4) is 0 Å². The Labute approximate surface area is 109 Å². The minimum atomic E-state index is -3.60. The highest BCUT2D eigenvalue weighted by Gasteiger charge is 2.44. The second-order valence-corrected chi connectivity index (χ2v) is 11.9. The lowest BCUT2D eigenvalue weighted by molar-refractivity contribution is 0.465. The third-order valence-corrected chi connectivity index (χ3v) is 8.48. The molecule has 1 fully saturated rings. The summed E-state index contributed by atoms with van der Waals surface area (Å²) in [6, 6.07) is 0. The first-order chi connectivity index (χ1) is 7.83. The maximum atomic E-state index is 11.7. The van der Waals surface area contributed by atoms with Gasteiger partial charge in [0.25, 0.3) is 0 Å². The monoisotopic (exact) mass is 318 g/mol.